The maximum absolute atomic E-state index is 12.2. The number of rotatable bonds is 7. The highest BCUT2D eigenvalue weighted by Crippen LogP contribution is 2.15. The third-order valence-electron chi connectivity index (χ3n) is 3.77. The van der Waals surface area contributed by atoms with Crippen LogP contribution < -0.4 is 10.0 Å². The lowest BCUT2D eigenvalue weighted by molar-refractivity contribution is 0.311. The molecule has 1 aromatic rings. The van der Waals surface area contributed by atoms with Crippen molar-refractivity contribution in [3.8, 4) is 0 Å². The van der Waals surface area contributed by atoms with Gasteiger partial charge in [0.1, 0.15) is 0 Å². The highest BCUT2D eigenvalue weighted by atomic mass is 32.2. The lowest BCUT2D eigenvalue weighted by Gasteiger charge is -2.19. The van der Waals surface area contributed by atoms with E-state index in [-0.39, 0.29) is 0 Å². The Kier molecular flexibility index (Phi) is 5.20. The summed E-state index contributed by atoms with van der Waals surface area (Å²) in [6.07, 6.45) is 3.74. The topological polar surface area (TPSA) is 77.2 Å². The summed E-state index contributed by atoms with van der Waals surface area (Å²) in [5.74, 6) is 0. The van der Waals surface area contributed by atoms with E-state index in [1.54, 1.807) is 12.3 Å². The minimum Gasteiger partial charge on any atom is -0.363 e. The van der Waals surface area contributed by atoms with Crippen LogP contribution in [0.25, 0.3) is 0 Å². The van der Waals surface area contributed by atoms with Crippen molar-refractivity contribution >= 4 is 10.0 Å². The molecule has 0 bridgehead atoms. The Labute approximate surface area is 121 Å². The number of likely N-dealkylation sites (N-methyl/N-ethyl adjacent to an activating group) is 1. The summed E-state index contributed by atoms with van der Waals surface area (Å²) in [5.41, 5.74) is 0.880. The second-order valence-corrected chi connectivity index (χ2v) is 7.04. The standard InChI is InChI=1S/C13H24N4O2S/c1-3-14-8-11-7-13(10-15-11)20(18,19)16-9-12-5-4-6-17(12)2/h7,10,12,14-16H,3-6,8-9H2,1-2H3. The predicted octanol–water partition coefficient (Wildman–Crippen LogP) is 0.497. The number of nitrogens with zero attached hydrogens (tertiary/aromatic N) is 1. The maximum atomic E-state index is 12.2. The van der Waals surface area contributed by atoms with Gasteiger partial charge in [-0.3, -0.25) is 0 Å². The number of sulfonamides is 1. The summed E-state index contributed by atoms with van der Waals surface area (Å²) in [6, 6.07) is 1.99. The number of hydrogen-bond acceptors (Lipinski definition) is 4. The first-order chi connectivity index (χ1) is 9.53. The molecule has 7 heteroatoms. The summed E-state index contributed by atoms with van der Waals surface area (Å²) in [5, 5.41) is 3.16. The zero-order valence-corrected chi connectivity index (χ0v) is 13.0. The minimum absolute atomic E-state index is 0.310. The summed E-state index contributed by atoms with van der Waals surface area (Å²) in [6.45, 7) is 5.04. The fourth-order valence-corrected chi connectivity index (χ4v) is 3.55. The van der Waals surface area contributed by atoms with Crippen molar-refractivity contribution in [1.82, 2.24) is 19.9 Å². The third-order valence-corrected chi connectivity index (χ3v) is 5.18. The Balaban J connectivity index is 1.93. The van der Waals surface area contributed by atoms with Crippen LogP contribution in [-0.4, -0.2) is 51.0 Å². The van der Waals surface area contributed by atoms with Crippen molar-refractivity contribution in [1.29, 1.82) is 0 Å². The lowest BCUT2D eigenvalue weighted by Crippen LogP contribution is -2.38. The molecule has 1 saturated heterocycles. The molecule has 20 heavy (non-hydrogen) atoms. The summed E-state index contributed by atoms with van der Waals surface area (Å²) in [7, 11) is -1.37. The van der Waals surface area contributed by atoms with Crippen LogP contribution in [-0.2, 0) is 16.6 Å². The van der Waals surface area contributed by atoms with Crippen molar-refractivity contribution in [2.24, 2.45) is 0 Å². The SMILES string of the molecule is CCNCc1cc(S(=O)(=O)NCC2CCCN2C)c[nH]1. The lowest BCUT2D eigenvalue weighted by atomic mass is 10.2. The Morgan fingerprint density at radius 1 is 1.50 bits per heavy atom. The molecule has 0 amide bonds. The van der Waals surface area contributed by atoms with Crippen molar-refractivity contribution in [3.05, 3.63) is 18.0 Å². The molecular weight excluding hydrogens is 276 g/mol. The molecule has 2 rings (SSSR count). The van der Waals surface area contributed by atoms with Crippen LogP contribution in [0.2, 0.25) is 0 Å². The van der Waals surface area contributed by atoms with Crippen LogP contribution in [0.3, 0.4) is 0 Å². The fraction of sp³-hybridized carbons (Fsp3) is 0.692. The quantitative estimate of drug-likeness (QED) is 0.685. The van der Waals surface area contributed by atoms with Crippen LogP contribution in [0.15, 0.2) is 17.2 Å². The van der Waals surface area contributed by atoms with Crippen LogP contribution in [0.1, 0.15) is 25.5 Å². The maximum Gasteiger partial charge on any atom is 0.242 e. The van der Waals surface area contributed by atoms with Crippen LogP contribution in [0, 0.1) is 0 Å². The molecule has 2 heterocycles. The largest absolute Gasteiger partial charge is 0.363 e. The van der Waals surface area contributed by atoms with Crippen molar-refractivity contribution < 1.29 is 8.42 Å². The molecule has 0 aliphatic carbocycles. The van der Waals surface area contributed by atoms with E-state index in [4.69, 9.17) is 0 Å². The molecule has 1 fully saturated rings. The van der Waals surface area contributed by atoms with Crippen LogP contribution >= 0.6 is 0 Å². The van der Waals surface area contributed by atoms with Gasteiger partial charge in [-0.1, -0.05) is 6.92 Å². The van der Waals surface area contributed by atoms with Gasteiger partial charge in [0, 0.05) is 31.0 Å². The number of H-pyrrole nitrogens is 1. The number of nitrogens with one attached hydrogen (secondary N) is 3. The molecule has 0 spiro atoms. The van der Waals surface area contributed by atoms with Gasteiger partial charge in [-0.05, 0) is 39.0 Å². The van der Waals surface area contributed by atoms with Gasteiger partial charge >= 0.3 is 0 Å². The van der Waals surface area contributed by atoms with Gasteiger partial charge in [-0.2, -0.15) is 0 Å². The second-order valence-electron chi connectivity index (χ2n) is 5.27. The average molecular weight is 300 g/mol. The monoisotopic (exact) mass is 300 g/mol. The number of aromatic amines is 1. The van der Waals surface area contributed by atoms with Gasteiger partial charge in [-0.15, -0.1) is 0 Å². The molecule has 3 N–H and O–H groups in total. The van der Waals surface area contributed by atoms with Gasteiger partial charge in [0.05, 0.1) is 4.90 Å². The number of hydrogen-bond donors (Lipinski definition) is 3. The average Bonchev–Trinajstić information content (AvgIpc) is 3.03. The molecule has 0 aromatic carbocycles. The first kappa shape index (κ1) is 15.5. The first-order valence-electron chi connectivity index (χ1n) is 7.11. The highest BCUT2D eigenvalue weighted by molar-refractivity contribution is 7.89. The van der Waals surface area contributed by atoms with E-state index in [9.17, 15) is 8.42 Å². The van der Waals surface area contributed by atoms with Gasteiger partial charge in [0.2, 0.25) is 10.0 Å². The molecule has 6 nitrogen and oxygen atoms in total. The molecular formula is C13H24N4O2S. The van der Waals surface area contributed by atoms with Gasteiger partial charge in [-0.25, -0.2) is 13.1 Å². The molecule has 1 aliphatic heterocycles. The van der Waals surface area contributed by atoms with E-state index in [0.717, 1.165) is 31.6 Å². The zero-order chi connectivity index (χ0) is 14.6. The Hall–Kier alpha value is -0.890. The Morgan fingerprint density at radius 3 is 2.95 bits per heavy atom. The van der Waals surface area contributed by atoms with Crippen molar-refractivity contribution in [2.75, 3.05) is 26.7 Å². The number of aromatic nitrogens is 1. The normalized spacial score (nSPS) is 20.6. The Morgan fingerprint density at radius 2 is 2.30 bits per heavy atom. The van der Waals surface area contributed by atoms with Crippen LogP contribution in [0.5, 0.6) is 0 Å². The van der Waals surface area contributed by atoms with Gasteiger partial charge < -0.3 is 15.2 Å². The van der Waals surface area contributed by atoms with E-state index in [2.05, 4.69) is 19.9 Å². The molecule has 0 saturated carbocycles. The smallest absolute Gasteiger partial charge is 0.242 e. The molecule has 1 aromatic heterocycles. The summed E-state index contributed by atoms with van der Waals surface area (Å²) < 4.78 is 27.1. The van der Waals surface area contributed by atoms with Gasteiger partial charge in [0.15, 0.2) is 0 Å². The van der Waals surface area contributed by atoms with E-state index >= 15 is 0 Å². The molecule has 0 radical (unpaired) electrons. The van der Waals surface area contributed by atoms with Crippen LogP contribution in [0.4, 0.5) is 0 Å². The predicted molar refractivity (Wildman–Crippen MR) is 79.0 cm³/mol. The molecule has 1 unspecified atom stereocenters. The molecule has 1 aliphatic rings. The van der Waals surface area contributed by atoms with Crippen molar-refractivity contribution in [3.63, 3.8) is 0 Å². The zero-order valence-electron chi connectivity index (χ0n) is 12.1. The fourth-order valence-electron chi connectivity index (χ4n) is 2.46. The van der Waals surface area contributed by atoms with E-state index in [1.807, 2.05) is 14.0 Å². The van der Waals surface area contributed by atoms with E-state index < -0.39 is 10.0 Å². The van der Waals surface area contributed by atoms with Gasteiger partial charge in [0.25, 0.3) is 0 Å². The highest BCUT2D eigenvalue weighted by Gasteiger charge is 2.23. The number of likely N-dealkylation sites (tertiary alicyclic amines) is 1. The van der Waals surface area contributed by atoms with E-state index in [0.29, 0.717) is 24.0 Å². The minimum atomic E-state index is -3.41. The third kappa shape index (κ3) is 3.82. The van der Waals surface area contributed by atoms with E-state index in [1.165, 1.54) is 0 Å². The summed E-state index contributed by atoms with van der Waals surface area (Å²) >= 11 is 0. The summed E-state index contributed by atoms with van der Waals surface area (Å²) in [4.78, 5) is 5.51. The second kappa shape index (κ2) is 6.71. The molecule has 1 atom stereocenters. The molecule has 114 valence electrons. The first-order valence-corrected chi connectivity index (χ1v) is 8.59. The Bertz CT molecular complexity index is 526. The van der Waals surface area contributed by atoms with Crippen molar-refractivity contribution in [2.45, 2.75) is 37.2 Å².